The normalized spacial score (nSPS) is 18.5. The molecule has 0 radical (unpaired) electrons. The van der Waals surface area contributed by atoms with Crippen molar-refractivity contribution in [3.8, 4) is 11.1 Å². The van der Waals surface area contributed by atoms with Crippen LogP contribution in [0.15, 0.2) is 83.0 Å². The highest BCUT2D eigenvalue weighted by molar-refractivity contribution is 6.62. The van der Waals surface area contributed by atoms with E-state index in [4.69, 9.17) is 22.2 Å². The monoisotopic (exact) mass is 351 g/mol. The molecular formula is C22H15BO3. The van der Waals surface area contributed by atoms with Crippen molar-refractivity contribution < 1.29 is 32.3 Å². The topological polar surface area (TPSA) is 53.6 Å². The molecule has 0 atom stereocenters. The van der Waals surface area contributed by atoms with E-state index in [1.165, 1.54) is 0 Å². The molecule has 1 heterocycles. The second kappa shape index (κ2) is 5.73. The van der Waals surface area contributed by atoms with E-state index in [0.29, 0.717) is 0 Å². The molecule has 4 heteroatoms. The average Bonchev–Trinajstić information content (AvgIpc) is 3.30. The van der Waals surface area contributed by atoms with E-state index in [-0.39, 0.29) is 16.4 Å². The average molecular weight is 351 g/mol. The van der Waals surface area contributed by atoms with E-state index in [0.717, 1.165) is 0 Å². The van der Waals surface area contributed by atoms with Crippen LogP contribution in [0.3, 0.4) is 0 Å². The maximum absolute atomic E-state index is 9.95. The maximum Gasteiger partial charge on any atom is 0.489 e. The third-order valence-corrected chi connectivity index (χ3v) is 3.92. The first kappa shape index (κ1) is 6.91. The molecule has 0 saturated heterocycles. The standard InChI is InChI=1S/C22H15BO3/c24-23(25)20-12-11-15(16-5-1-2-6-17(16)20)14-9-10-19-18-7-3-4-8-21(18)26-22(19)13-14/h1-13,24-25H/i1D,2D,3D,4D,5D,6D,7D,8D,9D,10D,11D,12D,13D. The highest BCUT2D eigenvalue weighted by Gasteiger charge is 2.17. The molecule has 0 amide bonds. The summed E-state index contributed by atoms with van der Waals surface area (Å²) < 4.78 is 114. The van der Waals surface area contributed by atoms with Gasteiger partial charge in [0.1, 0.15) is 11.2 Å². The highest BCUT2D eigenvalue weighted by atomic mass is 16.4. The SMILES string of the molecule is [2H]c1c([2H])c([2H])c2c(oc3c([2H])c(-c4c([2H])c([2H])c(B(O)O)c5c([2H])c([2H])c([2H])c([2H])c45)c([2H])c([2H])c32)c1[2H]. The summed E-state index contributed by atoms with van der Waals surface area (Å²) in [6, 6.07) is -9.09. The minimum atomic E-state index is -2.41. The summed E-state index contributed by atoms with van der Waals surface area (Å²) in [6.07, 6.45) is 0. The van der Waals surface area contributed by atoms with Crippen molar-refractivity contribution in [2.75, 3.05) is 0 Å². The molecular weight excluding hydrogens is 323 g/mol. The zero-order valence-corrected chi connectivity index (χ0v) is 12.9. The van der Waals surface area contributed by atoms with Gasteiger partial charge in [0.05, 0.1) is 17.8 Å². The van der Waals surface area contributed by atoms with Gasteiger partial charge in [-0.05, 0) is 45.5 Å². The molecule has 2 N–H and O–H groups in total. The minimum Gasteiger partial charge on any atom is -0.456 e. The Hall–Kier alpha value is -3.08. The van der Waals surface area contributed by atoms with Crippen molar-refractivity contribution >= 4 is 45.3 Å². The number of hydrogen-bond donors (Lipinski definition) is 2. The molecule has 0 aliphatic heterocycles. The highest BCUT2D eigenvalue weighted by Crippen LogP contribution is 2.34. The molecule has 4 aromatic carbocycles. The molecule has 26 heavy (non-hydrogen) atoms. The second-order valence-electron chi connectivity index (χ2n) is 5.42. The lowest BCUT2D eigenvalue weighted by atomic mass is 9.76. The summed E-state index contributed by atoms with van der Waals surface area (Å²) in [5.74, 6) is 0. The summed E-state index contributed by atoms with van der Waals surface area (Å²) >= 11 is 0. The largest absolute Gasteiger partial charge is 0.489 e. The summed E-state index contributed by atoms with van der Waals surface area (Å²) in [6.45, 7) is 0. The van der Waals surface area contributed by atoms with E-state index >= 15 is 0 Å². The van der Waals surface area contributed by atoms with Crippen LogP contribution in [-0.4, -0.2) is 17.2 Å². The third kappa shape index (κ3) is 2.24. The number of furan rings is 1. The van der Waals surface area contributed by atoms with Gasteiger partial charge in [-0.2, -0.15) is 0 Å². The van der Waals surface area contributed by atoms with Crippen molar-refractivity contribution in [3.63, 3.8) is 0 Å². The summed E-state index contributed by atoms with van der Waals surface area (Å²) in [4.78, 5) is 0. The quantitative estimate of drug-likeness (QED) is 0.471. The zero-order valence-electron chi connectivity index (χ0n) is 25.9. The van der Waals surface area contributed by atoms with Gasteiger partial charge in [0.2, 0.25) is 0 Å². The smallest absolute Gasteiger partial charge is 0.456 e. The Morgan fingerprint density at radius 2 is 1.38 bits per heavy atom. The van der Waals surface area contributed by atoms with Crippen LogP contribution in [0.25, 0.3) is 43.8 Å². The number of fused-ring (bicyclic) bond motifs is 4. The number of rotatable bonds is 2. The Balaban J connectivity index is 2.09. The van der Waals surface area contributed by atoms with Crippen LogP contribution >= 0.6 is 0 Å². The van der Waals surface area contributed by atoms with Crippen molar-refractivity contribution in [3.05, 3.63) is 78.6 Å². The van der Waals surface area contributed by atoms with E-state index < -0.39 is 119 Å². The van der Waals surface area contributed by atoms with Crippen molar-refractivity contribution in [1.29, 1.82) is 0 Å². The fraction of sp³-hybridized carbons (Fsp3) is 0. The van der Waals surface area contributed by atoms with Gasteiger partial charge in [-0.1, -0.05) is 60.4 Å². The summed E-state index contributed by atoms with van der Waals surface area (Å²) in [7, 11) is -2.41. The van der Waals surface area contributed by atoms with Gasteiger partial charge in [0.15, 0.2) is 0 Å². The molecule has 5 aromatic rings. The molecule has 1 aromatic heterocycles. The Kier molecular flexibility index (Phi) is 1.52. The minimum absolute atomic E-state index is 0.229. The van der Waals surface area contributed by atoms with Crippen LogP contribution in [-0.2, 0) is 0 Å². The van der Waals surface area contributed by atoms with E-state index in [2.05, 4.69) is 0 Å². The Bertz CT molecular complexity index is 1930. The number of benzene rings is 4. The predicted molar refractivity (Wildman–Crippen MR) is 106 cm³/mol. The van der Waals surface area contributed by atoms with Gasteiger partial charge in [0.25, 0.3) is 0 Å². The van der Waals surface area contributed by atoms with E-state index in [1.54, 1.807) is 0 Å². The Labute approximate surface area is 168 Å². The lowest BCUT2D eigenvalue weighted by Crippen LogP contribution is -2.30. The molecule has 0 fully saturated rings. The van der Waals surface area contributed by atoms with E-state index in [9.17, 15) is 10.0 Å². The molecule has 0 aliphatic rings. The van der Waals surface area contributed by atoms with Crippen molar-refractivity contribution in [2.45, 2.75) is 0 Å². The first-order valence-corrected chi connectivity index (χ1v) is 7.46. The van der Waals surface area contributed by atoms with Crippen LogP contribution in [0.5, 0.6) is 0 Å². The maximum atomic E-state index is 9.95. The van der Waals surface area contributed by atoms with Crippen LogP contribution in [0, 0.1) is 0 Å². The predicted octanol–water partition coefficient (Wildman–Crippen LogP) is 4.09. The number of para-hydroxylation sites is 1. The van der Waals surface area contributed by atoms with Gasteiger partial charge in [-0.3, -0.25) is 0 Å². The van der Waals surface area contributed by atoms with Gasteiger partial charge in [-0.15, -0.1) is 0 Å². The van der Waals surface area contributed by atoms with Crippen molar-refractivity contribution in [1.82, 2.24) is 0 Å². The first-order chi connectivity index (χ1) is 18.1. The molecule has 5 rings (SSSR count). The molecule has 3 nitrogen and oxygen atoms in total. The van der Waals surface area contributed by atoms with Gasteiger partial charge in [0, 0.05) is 10.8 Å². The van der Waals surface area contributed by atoms with Crippen molar-refractivity contribution in [2.24, 2.45) is 0 Å². The third-order valence-electron chi connectivity index (χ3n) is 3.92. The fourth-order valence-corrected chi connectivity index (χ4v) is 2.76. The summed E-state index contributed by atoms with van der Waals surface area (Å²) in [5, 5.41) is 18.4. The molecule has 124 valence electrons. The molecule has 0 aliphatic carbocycles. The molecule has 0 unspecified atom stereocenters. The van der Waals surface area contributed by atoms with Crippen LogP contribution < -0.4 is 5.46 Å². The Morgan fingerprint density at radius 3 is 2.19 bits per heavy atom. The second-order valence-corrected chi connectivity index (χ2v) is 5.42. The van der Waals surface area contributed by atoms with Crippen LogP contribution in [0.2, 0.25) is 0 Å². The Morgan fingerprint density at radius 1 is 0.692 bits per heavy atom. The van der Waals surface area contributed by atoms with Crippen LogP contribution in [0.1, 0.15) is 17.8 Å². The van der Waals surface area contributed by atoms with Gasteiger partial charge < -0.3 is 14.5 Å². The van der Waals surface area contributed by atoms with Crippen LogP contribution in [0.4, 0.5) is 0 Å². The zero-order chi connectivity index (χ0) is 29.0. The van der Waals surface area contributed by atoms with Gasteiger partial charge >= 0.3 is 7.12 Å². The molecule has 0 bridgehead atoms. The van der Waals surface area contributed by atoms with Gasteiger partial charge in [-0.25, -0.2) is 0 Å². The fourth-order valence-electron chi connectivity index (χ4n) is 2.76. The summed E-state index contributed by atoms with van der Waals surface area (Å²) in [5.41, 5.74) is -2.53. The molecule has 0 spiro atoms. The number of hydrogen-bond acceptors (Lipinski definition) is 3. The molecule has 0 saturated carbocycles. The first-order valence-electron chi connectivity index (χ1n) is 14.0. The van der Waals surface area contributed by atoms with E-state index in [1.807, 2.05) is 0 Å². The lowest BCUT2D eigenvalue weighted by Gasteiger charge is -2.11. The lowest BCUT2D eigenvalue weighted by molar-refractivity contribution is 0.426.